The summed E-state index contributed by atoms with van der Waals surface area (Å²) in [6.07, 6.45) is -0.421. The Labute approximate surface area is 166 Å². The Morgan fingerprint density at radius 2 is 1.15 bits per heavy atom. The van der Waals surface area contributed by atoms with Gasteiger partial charge in [0, 0.05) is 4.43 Å². The van der Waals surface area contributed by atoms with Crippen LogP contribution < -0.4 is 9.05 Å². The summed E-state index contributed by atoms with van der Waals surface area (Å²) in [7, 11) is -3.91. The summed E-state index contributed by atoms with van der Waals surface area (Å²) in [6, 6.07) is 27.4. The third kappa shape index (κ3) is 5.34. The molecule has 0 N–H and O–H groups in total. The summed E-state index contributed by atoms with van der Waals surface area (Å²) >= 11 is 2.20. The molecule has 0 aliphatic carbocycles. The topological polar surface area (TPSA) is 44.8 Å². The van der Waals surface area contributed by atoms with E-state index in [2.05, 4.69) is 22.6 Å². The summed E-state index contributed by atoms with van der Waals surface area (Å²) in [6.45, 7) is 0. The molecule has 1 atom stereocenters. The molecule has 0 aromatic heterocycles. The molecule has 0 aliphatic heterocycles. The second-order valence-electron chi connectivity index (χ2n) is 5.41. The highest BCUT2D eigenvalue weighted by atomic mass is 127. The van der Waals surface area contributed by atoms with Gasteiger partial charge in [-0.05, 0) is 29.8 Å². The molecule has 1 unspecified atom stereocenters. The van der Waals surface area contributed by atoms with E-state index in [0.717, 1.165) is 5.56 Å². The average Bonchev–Trinajstić information content (AvgIpc) is 2.68. The summed E-state index contributed by atoms with van der Waals surface area (Å²) in [5.41, 5.74) is 0.912. The molecule has 0 bridgehead atoms. The number of alkyl halides is 1. The smallest absolute Gasteiger partial charge is 0.395 e. The van der Waals surface area contributed by atoms with E-state index in [1.54, 1.807) is 48.5 Å². The van der Waals surface area contributed by atoms with Gasteiger partial charge in [0.15, 0.2) is 0 Å². The van der Waals surface area contributed by atoms with Crippen LogP contribution in [0.4, 0.5) is 0 Å². The van der Waals surface area contributed by atoms with Crippen LogP contribution in [0.15, 0.2) is 91.0 Å². The predicted octanol–water partition coefficient (Wildman–Crippen LogP) is 6.45. The highest BCUT2D eigenvalue weighted by Gasteiger charge is 2.35. The van der Waals surface area contributed by atoms with E-state index in [0.29, 0.717) is 15.9 Å². The molecule has 26 heavy (non-hydrogen) atoms. The lowest BCUT2D eigenvalue weighted by Crippen LogP contribution is -2.11. The summed E-state index contributed by atoms with van der Waals surface area (Å²) in [5, 5.41) is 0. The van der Waals surface area contributed by atoms with Crippen molar-refractivity contribution in [1.29, 1.82) is 0 Å². The molecule has 3 aromatic rings. The van der Waals surface area contributed by atoms with E-state index in [-0.39, 0.29) is 0 Å². The van der Waals surface area contributed by atoms with Crippen molar-refractivity contribution in [2.24, 2.45) is 0 Å². The SMILES string of the molecule is O=P(Oc1ccccc1)(Oc1ccccc1)OC(CI)c1ccccc1. The van der Waals surface area contributed by atoms with E-state index in [1.165, 1.54) is 0 Å². The molecular weight excluding hydrogens is 462 g/mol. The van der Waals surface area contributed by atoms with Gasteiger partial charge < -0.3 is 9.05 Å². The number of phosphoric ester groups is 1. The lowest BCUT2D eigenvalue weighted by Gasteiger charge is -2.23. The van der Waals surface area contributed by atoms with Crippen LogP contribution >= 0.6 is 30.4 Å². The first-order valence-corrected chi connectivity index (χ1v) is 11.1. The van der Waals surface area contributed by atoms with Crippen molar-refractivity contribution < 1.29 is 18.1 Å². The first-order valence-electron chi connectivity index (χ1n) is 8.07. The van der Waals surface area contributed by atoms with E-state index >= 15 is 0 Å². The predicted molar refractivity (Wildman–Crippen MR) is 111 cm³/mol. The standard InChI is InChI=1S/C20H18IO4P/c21-16-20(17-10-4-1-5-11-17)25-26(22,23-18-12-6-2-7-13-18)24-19-14-8-3-9-15-19/h1-15,20H,16H2. The van der Waals surface area contributed by atoms with Crippen LogP contribution in [0.1, 0.15) is 11.7 Å². The highest BCUT2D eigenvalue weighted by Crippen LogP contribution is 2.53. The Balaban J connectivity index is 1.87. The van der Waals surface area contributed by atoms with Gasteiger partial charge in [0.2, 0.25) is 0 Å². The lowest BCUT2D eigenvalue weighted by molar-refractivity contribution is 0.161. The van der Waals surface area contributed by atoms with Crippen molar-refractivity contribution >= 4 is 30.4 Å². The molecule has 0 saturated carbocycles. The van der Waals surface area contributed by atoms with Crippen molar-refractivity contribution in [3.63, 3.8) is 0 Å². The molecule has 0 radical (unpaired) electrons. The zero-order valence-corrected chi connectivity index (χ0v) is 17.0. The number of phosphoric acid groups is 1. The van der Waals surface area contributed by atoms with Crippen LogP contribution in [-0.2, 0) is 9.09 Å². The molecule has 4 nitrogen and oxygen atoms in total. The van der Waals surface area contributed by atoms with E-state index in [1.807, 2.05) is 42.5 Å². The molecule has 0 spiro atoms. The first-order chi connectivity index (χ1) is 12.7. The molecule has 134 valence electrons. The van der Waals surface area contributed by atoms with Gasteiger partial charge >= 0.3 is 7.82 Å². The molecular formula is C20H18IO4P. The fourth-order valence-corrected chi connectivity index (χ4v) is 4.65. The second kappa shape index (κ2) is 9.21. The van der Waals surface area contributed by atoms with Gasteiger partial charge in [-0.2, -0.15) is 0 Å². The van der Waals surface area contributed by atoms with Gasteiger partial charge in [0.05, 0.1) is 0 Å². The van der Waals surface area contributed by atoms with Gasteiger partial charge in [0.1, 0.15) is 17.6 Å². The Hall–Kier alpha value is -1.82. The van der Waals surface area contributed by atoms with E-state index in [9.17, 15) is 4.57 Å². The monoisotopic (exact) mass is 480 g/mol. The number of halogens is 1. The molecule has 0 saturated heterocycles. The fraction of sp³-hybridized carbons (Fsp3) is 0.100. The molecule has 0 heterocycles. The van der Waals surface area contributed by atoms with Crippen LogP contribution in [0.25, 0.3) is 0 Å². The highest BCUT2D eigenvalue weighted by molar-refractivity contribution is 14.1. The van der Waals surface area contributed by atoms with Gasteiger partial charge in [-0.1, -0.05) is 89.3 Å². The number of para-hydroxylation sites is 2. The minimum atomic E-state index is -3.91. The van der Waals surface area contributed by atoms with Crippen LogP contribution in [0.3, 0.4) is 0 Å². The minimum Gasteiger partial charge on any atom is -0.395 e. The summed E-state index contributed by atoms with van der Waals surface area (Å²) < 4.78 is 31.2. The van der Waals surface area contributed by atoms with Gasteiger partial charge in [-0.25, -0.2) is 4.57 Å². The Morgan fingerprint density at radius 3 is 1.58 bits per heavy atom. The van der Waals surface area contributed by atoms with Crippen LogP contribution in [0.2, 0.25) is 0 Å². The number of hydrogen-bond acceptors (Lipinski definition) is 4. The summed E-state index contributed by atoms with van der Waals surface area (Å²) in [4.78, 5) is 0. The molecule has 3 aromatic carbocycles. The van der Waals surface area contributed by atoms with Gasteiger partial charge in [-0.3, -0.25) is 4.52 Å². The molecule has 0 amide bonds. The maximum atomic E-state index is 13.4. The number of hydrogen-bond donors (Lipinski definition) is 0. The van der Waals surface area contributed by atoms with Crippen molar-refractivity contribution in [3.8, 4) is 11.5 Å². The minimum absolute atomic E-state index is 0.421. The van der Waals surface area contributed by atoms with Gasteiger partial charge in [-0.15, -0.1) is 0 Å². The second-order valence-corrected chi connectivity index (χ2v) is 7.77. The zero-order valence-electron chi connectivity index (χ0n) is 13.9. The van der Waals surface area contributed by atoms with Crippen molar-refractivity contribution in [2.45, 2.75) is 6.10 Å². The van der Waals surface area contributed by atoms with Gasteiger partial charge in [0.25, 0.3) is 0 Å². The van der Waals surface area contributed by atoms with E-state index < -0.39 is 13.9 Å². The number of rotatable bonds is 8. The summed E-state index contributed by atoms with van der Waals surface area (Å²) in [5.74, 6) is 0.846. The Bertz CT molecular complexity index is 798. The molecule has 0 fully saturated rings. The Morgan fingerprint density at radius 1 is 0.731 bits per heavy atom. The number of benzene rings is 3. The first kappa shape index (κ1) is 19.0. The van der Waals surface area contributed by atoms with Crippen LogP contribution in [0.5, 0.6) is 11.5 Å². The maximum Gasteiger partial charge on any atom is 0.588 e. The van der Waals surface area contributed by atoms with Crippen molar-refractivity contribution in [3.05, 3.63) is 96.6 Å². The molecule has 6 heteroatoms. The molecule has 3 rings (SSSR count). The largest absolute Gasteiger partial charge is 0.588 e. The van der Waals surface area contributed by atoms with Crippen molar-refractivity contribution in [1.82, 2.24) is 0 Å². The average molecular weight is 480 g/mol. The lowest BCUT2D eigenvalue weighted by atomic mass is 10.1. The van der Waals surface area contributed by atoms with Crippen molar-refractivity contribution in [2.75, 3.05) is 4.43 Å². The quantitative estimate of drug-likeness (QED) is 0.211. The third-order valence-electron chi connectivity index (χ3n) is 3.49. The molecule has 0 aliphatic rings. The zero-order chi connectivity index (χ0) is 18.2. The van der Waals surface area contributed by atoms with Crippen LogP contribution in [-0.4, -0.2) is 4.43 Å². The fourth-order valence-electron chi connectivity index (χ4n) is 2.28. The van der Waals surface area contributed by atoms with E-state index in [4.69, 9.17) is 13.6 Å². The maximum absolute atomic E-state index is 13.4. The third-order valence-corrected chi connectivity index (χ3v) is 5.67. The van der Waals surface area contributed by atoms with Crippen LogP contribution in [0, 0.1) is 0 Å². The Kier molecular flexibility index (Phi) is 6.72. The normalized spacial score (nSPS) is 12.3.